The van der Waals surface area contributed by atoms with Gasteiger partial charge in [0.15, 0.2) is 6.10 Å². The molecule has 0 rings (SSSR count). The number of nitrogens with two attached hydrogens (primary N) is 1. The van der Waals surface area contributed by atoms with Crippen molar-refractivity contribution >= 4 is 0 Å². The first-order chi connectivity index (χ1) is 6.73. The van der Waals surface area contributed by atoms with Crippen LogP contribution in [0.15, 0.2) is 0 Å². The lowest BCUT2D eigenvalue weighted by molar-refractivity contribution is -0.219. The van der Waals surface area contributed by atoms with Crippen molar-refractivity contribution in [2.45, 2.75) is 38.1 Å². The fourth-order valence-electron chi connectivity index (χ4n) is 0.845. The molecule has 15 heavy (non-hydrogen) atoms. The summed E-state index contributed by atoms with van der Waals surface area (Å²) in [6, 6.07) is 0. The SMILES string of the molecule is COC(C)(C)CCOC(CN)C(F)(F)F. The fourth-order valence-corrected chi connectivity index (χ4v) is 0.845. The summed E-state index contributed by atoms with van der Waals surface area (Å²) in [4.78, 5) is 0. The van der Waals surface area contributed by atoms with E-state index >= 15 is 0 Å². The monoisotopic (exact) mass is 229 g/mol. The van der Waals surface area contributed by atoms with Crippen LogP contribution in [0.25, 0.3) is 0 Å². The van der Waals surface area contributed by atoms with Crippen LogP contribution >= 0.6 is 0 Å². The van der Waals surface area contributed by atoms with E-state index in [4.69, 9.17) is 10.5 Å². The van der Waals surface area contributed by atoms with Gasteiger partial charge in [0.25, 0.3) is 0 Å². The van der Waals surface area contributed by atoms with E-state index in [1.807, 2.05) is 0 Å². The van der Waals surface area contributed by atoms with Crippen LogP contribution in [0.2, 0.25) is 0 Å². The molecule has 0 amide bonds. The highest BCUT2D eigenvalue weighted by molar-refractivity contribution is 4.71. The lowest BCUT2D eigenvalue weighted by Crippen LogP contribution is -2.39. The minimum absolute atomic E-state index is 0.0256. The number of alkyl halides is 3. The molecule has 0 aromatic carbocycles. The third-order valence-corrected chi connectivity index (χ3v) is 2.15. The van der Waals surface area contributed by atoms with Gasteiger partial charge in [-0.3, -0.25) is 0 Å². The van der Waals surface area contributed by atoms with Gasteiger partial charge >= 0.3 is 6.18 Å². The molecule has 3 nitrogen and oxygen atoms in total. The number of methoxy groups -OCH3 is 1. The maximum Gasteiger partial charge on any atom is 0.415 e. The number of hydrogen-bond acceptors (Lipinski definition) is 3. The largest absolute Gasteiger partial charge is 0.415 e. The van der Waals surface area contributed by atoms with Crippen LogP contribution < -0.4 is 5.73 Å². The van der Waals surface area contributed by atoms with Crippen LogP contribution in [-0.4, -0.2) is 38.1 Å². The van der Waals surface area contributed by atoms with E-state index in [0.717, 1.165) is 0 Å². The molecule has 0 radical (unpaired) electrons. The van der Waals surface area contributed by atoms with E-state index in [9.17, 15) is 13.2 Å². The van der Waals surface area contributed by atoms with Gasteiger partial charge in [-0.2, -0.15) is 13.2 Å². The maximum absolute atomic E-state index is 12.2. The summed E-state index contributed by atoms with van der Waals surface area (Å²) in [5.74, 6) is 0. The zero-order valence-corrected chi connectivity index (χ0v) is 9.23. The van der Waals surface area contributed by atoms with Crippen LogP contribution in [0.1, 0.15) is 20.3 Å². The second kappa shape index (κ2) is 5.67. The zero-order valence-electron chi connectivity index (χ0n) is 9.23. The smallest absolute Gasteiger partial charge is 0.379 e. The van der Waals surface area contributed by atoms with Crippen LogP contribution in [0.4, 0.5) is 13.2 Å². The summed E-state index contributed by atoms with van der Waals surface area (Å²) in [5, 5.41) is 0. The Morgan fingerprint density at radius 2 is 1.80 bits per heavy atom. The molecule has 0 aliphatic rings. The highest BCUT2D eigenvalue weighted by atomic mass is 19.4. The molecule has 0 saturated heterocycles. The molecular formula is C9H18F3NO2. The Balaban J connectivity index is 3.94. The Labute approximate surface area is 87.7 Å². The van der Waals surface area contributed by atoms with E-state index in [-0.39, 0.29) is 6.61 Å². The predicted octanol–water partition coefficient (Wildman–Crippen LogP) is 1.71. The molecule has 0 fully saturated rings. The van der Waals surface area contributed by atoms with E-state index in [0.29, 0.717) is 6.42 Å². The third-order valence-electron chi connectivity index (χ3n) is 2.15. The van der Waals surface area contributed by atoms with E-state index in [1.165, 1.54) is 7.11 Å². The van der Waals surface area contributed by atoms with Gasteiger partial charge in [-0.15, -0.1) is 0 Å². The third kappa shape index (κ3) is 5.96. The molecule has 0 aromatic rings. The Bertz CT molecular complexity index is 183. The minimum Gasteiger partial charge on any atom is -0.379 e. The van der Waals surface area contributed by atoms with Gasteiger partial charge in [0, 0.05) is 13.7 Å². The van der Waals surface area contributed by atoms with E-state index < -0.39 is 24.4 Å². The van der Waals surface area contributed by atoms with Crippen LogP contribution in [-0.2, 0) is 9.47 Å². The van der Waals surface area contributed by atoms with Crippen molar-refractivity contribution in [2.24, 2.45) is 5.73 Å². The normalized spacial score (nSPS) is 15.4. The molecule has 1 atom stereocenters. The summed E-state index contributed by atoms with van der Waals surface area (Å²) in [6.45, 7) is 2.97. The van der Waals surface area contributed by atoms with Gasteiger partial charge in [-0.05, 0) is 20.3 Å². The highest BCUT2D eigenvalue weighted by Crippen LogP contribution is 2.23. The summed E-state index contributed by atoms with van der Waals surface area (Å²) >= 11 is 0. The highest BCUT2D eigenvalue weighted by Gasteiger charge is 2.39. The topological polar surface area (TPSA) is 44.5 Å². The molecule has 0 aromatic heterocycles. The minimum atomic E-state index is -4.40. The van der Waals surface area contributed by atoms with Gasteiger partial charge in [-0.1, -0.05) is 0 Å². The fraction of sp³-hybridized carbons (Fsp3) is 1.00. The second-order valence-electron chi connectivity index (χ2n) is 3.85. The number of hydrogen-bond donors (Lipinski definition) is 1. The molecule has 0 spiro atoms. The maximum atomic E-state index is 12.2. The first-order valence-corrected chi connectivity index (χ1v) is 4.66. The van der Waals surface area contributed by atoms with Gasteiger partial charge in [-0.25, -0.2) is 0 Å². The number of rotatable bonds is 6. The number of ether oxygens (including phenoxy) is 2. The average molecular weight is 229 g/mol. The summed E-state index contributed by atoms with van der Waals surface area (Å²) < 4.78 is 46.3. The molecule has 0 saturated carbocycles. The van der Waals surface area contributed by atoms with Crippen molar-refractivity contribution < 1.29 is 22.6 Å². The Morgan fingerprint density at radius 1 is 1.27 bits per heavy atom. The van der Waals surface area contributed by atoms with Crippen molar-refractivity contribution in [3.05, 3.63) is 0 Å². The van der Waals surface area contributed by atoms with Crippen molar-refractivity contribution in [1.82, 2.24) is 0 Å². The van der Waals surface area contributed by atoms with Crippen molar-refractivity contribution in [3.63, 3.8) is 0 Å². The van der Waals surface area contributed by atoms with Crippen LogP contribution in [0.3, 0.4) is 0 Å². The van der Waals surface area contributed by atoms with Crippen LogP contribution in [0, 0.1) is 0 Å². The molecule has 0 aliphatic heterocycles. The summed E-state index contributed by atoms with van der Waals surface area (Å²) in [6.07, 6.45) is -5.90. The van der Waals surface area contributed by atoms with Crippen molar-refractivity contribution in [2.75, 3.05) is 20.3 Å². The standard InChI is InChI=1S/C9H18F3NO2/c1-8(2,14-3)4-5-15-7(6-13)9(10,11)12/h7H,4-6,13H2,1-3H3. The van der Waals surface area contributed by atoms with E-state index in [2.05, 4.69) is 4.74 Å². The van der Waals surface area contributed by atoms with Crippen molar-refractivity contribution in [3.8, 4) is 0 Å². The molecule has 1 unspecified atom stereocenters. The molecule has 92 valence electrons. The molecule has 6 heteroatoms. The summed E-state index contributed by atoms with van der Waals surface area (Å²) in [7, 11) is 1.50. The lowest BCUT2D eigenvalue weighted by Gasteiger charge is -2.25. The van der Waals surface area contributed by atoms with Gasteiger partial charge in [0.1, 0.15) is 0 Å². The Kier molecular flexibility index (Phi) is 5.55. The first kappa shape index (κ1) is 14.7. The first-order valence-electron chi connectivity index (χ1n) is 4.66. The van der Waals surface area contributed by atoms with Gasteiger partial charge in [0.05, 0.1) is 12.2 Å². The Morgan fingerprint density at radius 3 is 2.13 bits per heavy atom. The lowest BCUT2D eigenvalue weighted by atomic mass is 10.1. The van der Waals surface area contributed by atoms with Crippen LogP contribution in [0.5, 0.6) is 0 Å². The zero-order chi connectivity index (χ0) is 12.1. The number of halogens is 3. The van der Waals surface area contributed by atoms with Gasteiger partial charge < -0.3 is 15.2 Å². The molecule has 0 aliphatic carbocycles. The summed E-state index contributed by atoms with van der Waals surface area (Å²) in [5.41, 5.74) is 4.48. The molecule has 0 bridgehead atoms. The predicted molar refractivity (Wildman–Crippen MR) is 50.6 cm³/mol. The quantitative estimate of drug-likeness (QED) is 0.754. The molecule has 0 heterocycles. The average Bonchev–Trinajstić information content (AvgIpc) is 2.10. The van der Waals surface area contributed by atoms with E-state index in [1.54, 1.807) is 13.8 Å². The second-order valence-corrected chi connectivity index (χ2v) is 3.85. The Hall–Kier alpha value is -0.330. The van der Waals surface area contributed by atoms with Crippen molar-refractivity contribution in [1.29, 1.82) is 0 Å². The molecule has 2 N–H and O–H groups in total. The van der Waals surface area contributed by atoms with Gasteiger partial charge in [0.2, 0.25) is 0 Å². The molecular weight excluding hydrogens is 211 g/mol.